The molecule has 0 saturated carbocycles. The van der Waals surface area contributed by atoms with Gasteiger partial charge in [0.15, 0.2) is 5.03 Å². The molecule has 11 heteroatoms. The van der Waals surface area contributed by atoms with E-state index in [1.165, 1.54) is 29.7 Å². The van der Waals surface area contributed by atoms with Crippen LogP contribution in [0, 0.1) is 5.82 Å². The molecule has 0 bridgehead atoms. The number of hydrogen-bond acceptors (Lipinski definition) is 6. The van der Waals surface area contributed by atoms with E-state index in [1.54, 1.807) is 29.0 Å². The third-order valence-corrected chi connectivity index (χ3v) is 8.02. The largest absolute Gasteiger partial charge is 0.338 e. The van der Waals surface area contributed by atoms with Gasteiger partial charge in [-0.3, -0.25) is 4.79 Å². The van der Waals surface area contributed by atoms with Crippen LogP contribution in [0.1, 0.15) is 34.7 Å². The molecular weight excluding hydrogens is 487 g/mol. The Bertz CT molecular complexity index is 1260. The van der Waals surface area contributed by atoms with Gasteiger partial charge in [0.25, 0.3) is 15.9 Å². The smallest absolute Gasteiger partial charge is 0.257 e. The molecule has 0 radical (unpaired) electrons. The van der Waals surface area contributed by atoms with Crippen molar-refractivity contribution in [2.45, 2.75) is 23.8 Å². The van der Waals surface area contributed by atoms with Crippen molar-refractivity contribution in [1.29, 1.82) is 0 Å². The molecule has 1 aliphatic heterocycles. The number of sulfonamides is 1. The fraction of sp³-hybridized carbons (Fsp3) is 0.273. The number of pyridine rings is 1. The number of likely N-dealkylation sites (tertiary alicyclic amines) is 1. The van der Waals surface area contributed by atoms with Gasteiger partial charge in [-0.05, 0) is 54.0 Å². The molecule has 0 atom stereocenters. The number of halogens is 2. The first-order chi connectivity index (χ1) is 15.7. The molecule has 3 heterocycles. The highest BCUT2D eigenvalue weighted by Gasteiger charge is 2.31. The van der Waals surface area contributed by atoms with Gasteiger partial charge >= 0.3 is 0 Å². The van der Waals surface area contributed by atoms with Crippen molar-refractivity contribution in [2.75, 3.05) is 25.0 Å². The first-order valence-corrected chi connectivity index (χ1v) is 13.0. The summed E-state index contributed by atoms with van der Waals surface area (Å²) in [6.45, 7) is 0.995. The number of nitrogens with two attached hydrogens (primary N) is 1. The first-order valence-electron chi connectivity index (χ1n) is 10.2. The Morgan fingerprint density at radius 2 is 1.91 bits per heavy atom. The van der Waals surface area contributed by atoms with Crippen LogP contribution in [0.2, 0.25) is 5.02 Å². The van der Waals surface area contributed by atoms with Crippen LogP contribution < -0.4 is 10.0 Å². The molecule has 1 amide bonds. The summed E-state index contributed by atoms with van der Waals surface area (Å²) in [6, 6.07) is 10.1. The fourth-order valence-electron chi connectivity index (χ4n) is 4.04. The van der Waals surface area contributed by atoms with Gasteiger partial charge < -0.3 is 9.80 Å². The number of benzene rings is 1. The zero-order chi connectivity index (χ0) is 23.8. The predicted molar refractivity (Wildman–Crippen MR) is 127 cm³/mol. The number of primary sulfonamides is 1. The minimum atomic E-state index is -4.18. The molecule has 1 aromatic carbocycles. The molecule has 1 saturated heterocycles. The zero-order valence-corrected chi connectivity index (χ0v) is 20.1. The Morgan fingerprint density at radius 1 is 1.24 bits per heavy atom. The van der Waals surface area contributed by atoms with Gasteiger partial charge in [0, 0.05) is 26.3 Å². The second kappa shape index (κ2) is 9.38. The molecule has 3 aromatic rings. The van der Waals surface area contributed by atoms with E-state index in [9.17, 15) is 17.6 Å². The van der Waals surface area contributed by atoms with Crippen LogP contribution in [0.15, 0.2) is 53.0 Å². The number of nitrogens with zero attached hydrogens (tertiary/aromatic N) is 3. The molecular formula is C22H22ClFN4O3S2. The van der Waals surface area contributed by atoms with Crippen LogP contribution in [0.3, 0.4) is 0 Å². The number of hydrogen-bond donors (Lipinski definition) is 1. The molecule has 0 spiro atoms. The van der Waals surface area contributed by atoms with Gasteiger partial charge in [-0.2, -0.15) is 0 Å². The zero-order valence-electron chi connectivity index (χ0n) is 17.7. The number of aromatic nitrogens is 1. The van der Waals surface area contributed by atoms with Crippen LogP contribution in [0.5, 0.6) is 0 Å². The average molecular weight is 509 g/mol. The average Bonchev–Trinajstić information content (AvgIpc) is 3.33. The molecule has 4 rings (SSSR count). The maximum atomic E-state index is 13.5. The third kappa shape index (κ3) is 4.89. The fourth-order valence-corrected chi connectivity index (χ4v) is 5.88. The molecule has 2 aromatic heterocycles. The standard InChI is InChI=1S/C22H22ClFN4O3S2/c1-27(18-3-2-12-32-18)20-17(13-26-21(19(20)23)33(25,30)31)22(29)28-10-8-15(9-11-28)14-4-6-16(24)7-5-14/h2-7,12-13,15H,8-11H2,1H3,(H2,25,30,31). The van der Waals surface area contributed by atoms with Crippen molar-refractivity contribution < 1.29 is 17.6 Å². The minimum absolute atomic E-state index is 0.194. The van der Waals surface area contributed by atoms with Gasteiger partial charge in [-0.1, -0.05) is 23.7 Å². The van der Waals surface area contributed by atoms with E-state index in [0.29, 0.717) is 13.1 Å². The quantitative estimate of drug-likeness (QED) is 0.552. The molecule has 33 heavy (non-hydrogen) atoms. The molecule has 2 N–H and O–H groups in total. The number of rotatable bonds is 5. The SMILES string of the molecule is CN(c1cccs1)c1c(C(=O)N2CCC(c3ccc(F)cc3)CC2)cnc(S(N)(=O)=O)c1Cl. The molecule has 174 valence electrons. The Kier molecular flexibility index (Phi) is 6.71. The van der Waals surface area contributed by atoms with Crippen LogP contribution >= 0.6 is 22.9 Å². The lowest BCUT2D eigenvalue weighted by Gasteiger charge is -2.33. The van der Waals surface area contributed by atoms with Crippen molar-refractivity contribution in [3.8, 4) is 0 Å². The highest BCUT2D eigenvalue weighted by Crippen LogP contribution is 2.39. The molecule has 0 aliphatic carbocycles. The number of anilines is 2. The number of amides is 1. The highest BCUT2D eigenvalue weighted by molar-refractivity contribution is 7.89. The van der Waals surface area contributed by atoms with E-state index in [1.807, 2.05) is 17.5 Å². The van der Waals surface area contributed by atoms with Crippen LogP contribution in [0.25, 0.3) is 0 Å². The van der Waals surface area contributed by atoms with Crippen molar-refractivity contribution in [3.05, 3.63) is 69.9 Å². The first kappa shape index (κ1) is 23.6. The molecule has 1 fully saturated rings. The highest BCUT2D eigenvalue weighted by atomic mass is 35.5. The van der Waals surface area contributed by atoms with Gasteiger partial charge in [0.05, 0.1) is 16.3 Å². The van der Waals surface area contributed by atoms with E-state index in [-0.39, 0.29) is 33.9 Å². The van der Waals surface area contributed by atoms with E-state index in [2.05, 4.69) is 4.98 Å². The lowest BCUT2D eigenvalue weighted by Crippen LogP contribution is -2.38. The summed E-state index contributed by atoms with van der Waals surface area (Å²) >= 11 is 7.87. The van der Waals surface area contributed by atoms with Crippen molar-refractivity contribution in [2.24, 2.45) is 5.14 Å². The second-order valence-corrected chi connectivity index (χ2v) is 10.6. The topological polar surface area (TPSA) is 96.6 Å². The van der Waals surface area contributed by atoms with E-state index >= 15 is 0 Å². The van der Waals surface area contributed by atoms with E-state index in [0.717, 1.165) is 23.4 Å². The number of thiophene rings is 1. The number of carbonyl (C=O) groups is 1. The van der Waals surface area contributed by atoms with Gasteiger partial charge in [0.2, 0.25) is 0 Å². The number of piperidine rings is 1. The summed E-state index contributed by atoms with van der Waals surface area (Å²) in [6.07, 6.45) is 2.67. The Labute approximate surface area is 200 Å². The maximum Gasteiger partial charge on any atom is 0.257 e. The van der Waals surface area contributed by atoms with Crippen molar-refractivity contribution in [1.82, 2.24) is 9.88 Å². The van der Waals surface area contributed by atoms with E-state index < -0.39 is 15.0 Å². The maximum absolute atomic E-state index is 13.5. The van der Waals surface area contributed by atoms with Crippen LogP contribution in [-0.2, 0) is 10.0 Å². The Hall–Kier alpha value is -2.53. The lowest BCUT2D eigenvalue weighted by molar-refractivity contribution is 0.0713. The number of carbonyl (C=O) groups excluding carboxylic acids is 1. The molecule has 0 unspecified atom stereocenters. The van der Waals surface area contributed by atoms with Crippen molar-refractivity contribution >= 4 is 49.6 Å². The van der Waals surface area contributed by atoms with Gasteiger partial charge in [-0.25, -0.2) is 22.9 Å². The summed E-state index contributed by atoms with van der Waals surface area (Å²) in [7, 11) is -2.48. The minimum Gasteiger partial charge on any atom is -0.338 e. The summed E-state index contributed by atoms with van der Waals surface area (Å²) in [5.41, 5.74) is 1.48. The molecule has 7 nitrogen and oxygen atoms in total. The molecule has 1 aliphatic rings. The van der Waals surface area contributed by atoms with Crippen LogP contribution in [-0.4, -0.2) is 44.3 Å². The monoisotopic (exact) mass is 508 g/mol. The van der Waals surface area contributed by atoms with E-state index in [4.69, 9.17) is 16.7 Å². The van der Waals surface area contributed by atoms with Gasteiger partial charge in [-0.15, -0.1) is 11.3 Å². The Balaban J connectivity index is 1.63. The van der Waals surface area contributed by atoms with Crippen LogP contribution in [0.4, 0.5) is 15.1 Å². The summed E-state index contributed by atoms with van der Waals surface area (Å²) in [5.74, 6) is -0.336. The third-order valence-electron chi connectivity index (χ3n) is 5.76. The Morgan fingerprint density at radius 3 is 2.48 bits per heavy atom. The lowest BCUT2D eigenvalue weighted by atomic mass is 9.89. The predicted octanol–water partition coefficient (Wildman–Crippen LogP) is 4.37. The second-order valence-electron chi connectivity index (χ2n) is 7.81. The van der Waals surface area contributed by atoms with Gasteiger partial charge in [0.1, 0.15) is 10.8 Å². The summed E-state index contributed by atoms with van der Waals surface area (Å²) in [4.78, 5) is 20.8. The van der Waals surface area contributed by atoms with Crippen molar-refractivity contribution in [3.63, 3.8) is 0 Å². The normalized spacial score (nSPS) is 15.0. The summed E-state index contributed by atoms with van der Waals surface area (Å²) < 4.78 is 37.2. The summed E-state index contributed by atoms with van der Waals surface area (Å²) in [5, 5.41) is 7.25.